The molecule has 0 radical (unpaired) electrons. The molecule has 0 aromatic heterocycles. The van der Waals surface area contributed by atoms with Gasteiger partial charge in [-0.25, -0.2) is 0 Å². The summed E-state index contributed by atoms with van der Waals surface area (Å²) in [5.74, 6) is -0.433. The number of aliphatic hydroxyl groups excluding tert-OH is 2. The Labute approximate surface area is 95.3 Å². The zero-order valence-electron chi connectivity index (χ0n) is 9.92. The van der Waals surface area contributed by atoms with E-state index < -0.39 is 11.9 Å². The third kappa shape index (κ3) is 2.24. The molecule has 0 aliphatic carbocycles. The van der Waals surface area contributed by atoms with Crippen LogP contribution in [0, 0.1) is 5.92 Å². The lowest BCUT2D eigenvalue weighted by atomic mass is 9.96. The second-order valence-electron chi connectivity index (χ2n) is 5.07. The minimum atomic E-state index is -0.737. The lowest BCUT2D eigenvalue weighted by molar-refractivity contribution is -0.212. The number of fused-ring (bicyclic) bond motifs is 1. The van der Waals surface area contributed by atoms with Gasteiger partial charge in [0.25, 0.3) is 0 Å². The summed E-state index contributed by atoms with van der Waals surface area (Å²) in [6.45, 7) is 5.50. The molecule has 5 heteroatoms. The smallest absolute Gasteiger partial charge is 0.187 e. The number of rotatable bonds is 3. The van der Waals surface area contributed by atoms with E-state index >= 15 is 0 Å². The maximum atomic E-state index is 9.39. The van der Waals surface area contributed by atoms with Crippen LogP contribution >= 0.6 is 0 Å². The summed E-state index contributed by atoms with van der Waals surface area (Å²) in [5.41, 5.74) is 0. The van der Waals surface area contributed by atoms with Crippen LogP contribution in [-0.4, -0.2) is 47.2 Å². The molecule has 0 bridgehead atoms. The van der Waals surface area contributed by atoms with Crippen molar-refractivity contribution in [1.29, 1.82) is 0 Å². The minimum absolute atomic E-state index is 0.0779. The van der Waals surface area contributed by atoms with Crippen LogP contribution in [0.5, 0.6) is 0 Å². The van der Waals surface area contributed by atoms with Gasteiger partial charge in [-0.2, -0.15) is 0 Å². The maximum Gasteiger partial charge on any atom is 0.187 e. The quantitative estimate of drug-likeness (QED) is 0.729. The topological polar surface area (TPSA) is 68.2 Å². The van der Waals surface area contributed by atoms with Crippen LogP contribution in [0.4, 0.5) is 0 Å². The second-order valence-corrected chi connectivity index (χ2v) is 5.07. The van der Waals surface area contributed by atoms with Crippen molar-refractivity contribution >= 4 is 0 Å². The average molecular weight is 232 g/mol. The van der Waals surface area contributed by atoms with Crippen molar-refractivity contribution < 1.29 is 24.4 Å². The standard InChI is InChI=1S/C11H20O5/c1-6-8(4-7(13)5-12)14-10-9(6)15-11(2,3)16-10/h6-10,12-13H,4-5H2,1-3H3/t6-,7?,8+,9?,10+/m0/s1. The number of aliphatic hydroxyl groups is 2. The van der Waals surface area contributed by atoms with Gasteiger partial charge in [0, 0.05) is 12.3 Å². The minimum Gasteiger partial charge on any atom is -0.394 e. The van der Waals surface area contributed by atoms with E-state index in [4.69, 9.17) is 19.3 Å². The molecule has 0 aromatic carbocycles. The van der Waals surface area contributed by atoms with Gasteiger partial charge in [0.15, 0.2) is 12.1 Å². The van der Waals surface area contributed by atoms with Crippen molar-refractivity contribution in [2.75, 3.05) is 6.61 Å². The van der Waals surface area contributed by atoms with Gasteiger partial charge in [-0.05, 0) is 13.8 Å². The molecule has 0 aromatic rings. The Balaban J connectivity index is 1.95. The summed E-state index contributed by atoms with van der Waals surface area (Å²) in [5, 5.41) is 18.2. The normalized spacial score (nSPS) is 43.3. The predicted molar refractivity (Wildman–Crippen MR) is 55.6 cm³/mol. The first-order valence-electron chi connectivity index (χ1n) is 5.73. The fraction of sp³-hybridized carbons (Fsp3) is 1.00. The number of hydrogen-bond donors (Lipinski definition) is 2. The molecule has 16 heavy (non-hydrogen) atoms. The summed E-state index contributed by atoms with van der Waals surface area (Å²) < 4.78 is 17.0. The number of hydrogen-bond acceptors (Lipinski definition) is 5. The van der Waals surface area contributed by atoms with Crippen molar-refractivity contribution in [2.45, 2.75) is 57.6 Å². The Bertz CT molecular complexity index is 255. The first-order valence-corrected chi connectivity index (χ1v) is 5.73. The Morgan fingerprint density at radius 1 is 1.31 bits per heavy atom. The van der Waals surface area contributed by atoms with Gasteiger partial charge in [0.1, 0.15) is 6.10 Å². The maximum absolute atomic E-state index is 9.39. The van der Waals surface area contributed by atoms with Crippen LogP contribution in [0.15, 0.2) is 0 Å². The summed E-state index contributed by atoms with van der Waals surface area (Å²) in [7, 11) is 0. The van der Waals surface area contributed by atoms with E-state index in [9.17, 15) is 5.11 Å². The fourth-order valence-corrected chi connectivity index (χ4v) is 2.34. The molecule has 2 aliphatic rings. The zero-order valence-corrected chi connectivity index (χ0v) is 9.92. The Kier molecular flexibility index (Phi) is 3.25. The molecule has 0 saturated carbocycles. The van der Waals surface area contributed by atoms with E-state index in [-0.39, 0.29) is 31.0 Å². The lowest BCUT2D eigenvalue weighted by Crippen LogP contribution is -2.31. The van der Waals surface area contributed by atoms with Gasteiger partial charge in [0.05, 0.1) is 18.8 Å². The van der Waals surface area contributed by atoms with Crippen LogP contribution in [0.2, 0.25) is 0 Å². The van der Waals surface area contributed by atoms with E-state index in [1.165, 1.54) is 0 Å². The first kappa shape index (κ1) is 12.3. The summed E-state index contributed by atoms with van der Waals surface area (Å²) in [6.07, 6.45) is -0.864. The monoisotopic (exact) mass is 232 g/mol. The van der Waals surface area contributed by atoms with Crippen molar-refractivity contribution in [3.05, 3.63) is 0 Å². The number of ether oxygens (including phenoxy) is 3. The Hall–Kier alpha value is -0.200. The van der Waals surface area contributed by atoms with Crippen LogP contribution < -0.4 is 0 Å². The van der Waals surface area contributed by atoms with E-state index in [1.54, 1.807) is 0 Å². The highest BCUT2D eigenvalue weighted by Gasteiger charge is 2.52. The zero-order chi connectivity index (χ0) is 11.9. The van der Waals surface area contributed by atoms with Crippen LogP contribution in [0.1, 0.15) is 27.2 Å². The highest BCUT2D eigenvalue weighted by Crippen LogP contribution is 2.41. The predicted octanol–water partition coefficient (Wildman–Crippen LogP) is 0.242. The summed E-state index contributed by atoms with van der Waals surface area (Å²) in [4.78, 5) is 0. The first-order chi connectivity index (χ1) is 7.43. The molecule has 0 spiro atoms. The third-order valence-electron chi connectivity index (χ3n) is 3.22. The molecule has 2 fully saturated rings. The molecule has 2 saturated heterocycles. The molecule has 2 N–H and O–H groups in total. The molecule has 0 amide bonds. The third-order valence-corrected chi connectivity index (χ3v) is 3.22. The van der Waals surface area contributed by atoms with Crippen LogP contribution in [0.3, 0.4) is 0 Å². The van der Waals surface area contributed by atoms with Crippen molar-refractivity contribution in [3.8, 4) is 0 Å². The molecule has 2 rings (SSSR count). The van der Waals surface area contributed by atoms with Gasteiger partial charge in [-0.3, -0.25) is 0 Å². The van der Waals surface area contributed by atoms with Gasteiger partial charge in [0.2, 0.25) is 0 Å². The molecule has 2 heterocycles. The largest absolute Gasteiger partial charge is 0.394 e. The average Bonchev–Trinajstić information content (AvgIpc) is 2.63. The van der Waals surface area contributed by atoms with Crippen molar-refractivity contribution in [3.63, 3.8) is 0 Å². The summed E-state index contributed by atoms with van der Waals surface area (Å²) >= 11 is 0. The molecular formula is C11H20O5. The van der Waals surface area contributed by atoms with Crippen molar-refractivity contribution in [1.82, 2.24) is 0 Å². The highest BCUT2D eigenvalue weighted by molar-refractivity contribution is 4.91. The molecule has 94 valence electrons. The molecule has 2 aliphatic heterocycles. The van der Waals surface area contributed by atoms with Crippen molar-refractivity contribution in [2.24, 2.45) is 5.92 Å². The highest BCUT2D eigenvalue weighted by atomic mass is 16.8. The van der Waals surface area contributed by atoms with Gasteiger partial charge >= 0.3 is 0 Å². The molecular weight excluding hydrogens is 212 g/mol. The Morgan fingerprint density at radius 2 is 2.00 bits per heavy atom. The summed E-state index contributed by atoms with van der Waals surface area (Å²) in [6, 6.07) is 0. The van der Waals surface area contributed by atoms with E-state index in [1.807, 2.05) is 20.8 Å². The van der Waals surface area contributed by atoms with Gasteiger partial charge in [-0.15, -0.1) is 0 Å². The SMILES string of the molecule is C[C@@H]1C2OC(C)(C)O[C@H]2O[C@@H]1CC(O)CO. The van der Waals surface area contributed by atoms with Crippen LogP contribution in [0.25, 0.3) is 0 Å². The fourth-order valence-electron chi connectivity index (χ4n) is 2.34. The van der Waals surface area contributed by atoms with E-state index in [0.29, 0.717) is 6.42 Å². The molecule has 2 unspecified atom stereocenters. The molecule has 5 nitrogen and oxygen atoms in total. The Morgan fingerprint density at radius 3 is 2.56 bits per heavy atom. The van der Waals surface area contributed by atoms with Gasteiger partial charge in [-0.1, -0.05) is 6.92 Å². The second kappa shape index (κ2) is 4.23. The van der Waals surface area contributed by atoms with Gasteiger partial charge < -0.3 is 24.4 Å². The molecule has 5 atom stereocenters. The van der Waals surface area contributed by atoms with E-state index in [0.717, 1.165) is 0 Å². The lowest BCUT2D eigenvalue weighted by Gasteiger charge is -2.24. The van der Waals surface area contributed by atoms with Crippen LogP contribution in [-0.2, 0) is 14.2 Å². The van der Waals surface area contributed by atoms with E-state index in [2.05, 4.69) is 0 Å².